The highest BCUT2D eigenvalue weighted by Gasteiger charge is 2.02. The van der Waals surface area contributed by atoms with Gasteiger partial charge in [0.05, 0.1) is 5.52 Å². The average Bonchev–Trinajstić information content (AvgIpc) is 2.76. The van der Waals surface area contributed by atoms with Crippen LogP contribution >= 0.6 is 0 Å². The van der Waals surface area contributed by atoms with Gasteiger partial charge in [-0.3, -0.25) is 0 Å². The van der Waals surface area contributed by atoms with Gasteiger partial charge in [-0.05, 0) is 29.8 Å². The van der Waals surface area contributed by atoms with Gasteiger partial charge in [-0.1, -0.05) is 18.2 Å². The van der Waals surface area contributed by atoms with Gasteiger partial charge >= 0.3 is 0 Å². The summed E-state index contributed by atoms with van der Waals surface area (Å²) in [6, 6.07) is 13.9. The van der Waals surface area contributed by atoms with Gasteiger partial charge in [0, 0.05) is 23.6 Å². The molecule has 3 rings (SSSR count). The van der Waals surface area contributed by atoms with Gasteiger partial charge in [0.1, 0.15) is 0 Å². The molecule has 0 amide bonds. The van der Waals surface area contributed by atoms with E-state index in [2.05, 4.69) is 11.2 Å². The number of pyridine rings is 1. The van der Waals surface area contributed by atoms with Crippen LogP contribution in [0.1, 0.15) is 0 Å². The van der Waals surface area contributed by atoms with Gasteiger partial charge in [0.25, 0.3) is 0 Å². The molecule has 2 N–H and O–H groups in total. The number of para-hydroxylation sites is 1. The number of anilines is 1. The van der Waals surface area contributed by atoms with E-state index in [0.717, 1.165) is 22.3 Å². The lowest BCUT2D eigenvalue weighted by molar-refractivity contribution is 0.962. The highest BCUT2D eigenvalue weighted by molar-refractivity contribution is 5.78. The summed E-state index contributed by atoms with van der Waals surface area (Å²) >= 11 is 0. The van der Waals surface area contributed by atoms with E-state index >= 15 is 0 Å². The monoisotopic (exact) mass is 209 g/mol. The Kier molecular flexibility index (Phi) is 1.90. The molecule has 0 atom stereocenters. The lowest BCUT2D eigenvalue weighted by atomic mass is 10.0. The number of rotatable bonds is 1. The molecule has 0 aliphatic rings. The number of hydrogen-bond acceptors (Lipinski definition) is 2. The van der Waals surface area contributed by atoms with Crippen molar-refractivity contribution in [2.75, 3.05) is 5.73 Å². The largest absolute Gasteiger partial charge is 0.398 e. The Balaban J connectivity index is 2.22. The molecule has 1 aromatic carbocycles. The molecule has 0 aliphatic carbocycles. The van der Waals surface area contributed by atoms with E-state index in [4.69, 9.17) is 5.73 Å². The number of nitrogens with two attached hydrogens (primary N) is 1. The second kappa shape index (κ2) is 3.38. The first-order valence-electron chi connectivity index (χ1n) is 5.13. The van der Waals surface area contributed by atoms with Crippen molar-refractivity contribution in [2.45, 2.75) is 0 Å². The van der Waals surface area contributed by atoms with E-state index < -0.39 is 0 Å². The van der Waals surface area contributed by atoms with Crippen LogP contribution < -0.4 is 5.73 Å². The average molecular weight is 209 g/mol. The standard InChI is InChI=1S/C13H11N3/c14-13-4-2-1-3-12(13)10-6-8-16-11(9-10)5-7-15-16/h1-9H,14H2. The minimum Gasteiger partial charge on any atom is -0.398 e. The molecule has 2 aromatic heterocycles. The summed E-state index contributed by atoms with van der Waals surface area (Å²) < 4.78 is 1.84. The Morgan fingerprint density at radius 2 is 1.94 bits per heavy atom. The molecule has 0 radical (unpaired) electrons. The quantitative estimate of drug-likeness (QED) is 0.626. The summed E-state index contributed by atoms with van der Waals surface area (Å²) in [5, 5.41) is 4.16. The van der Waals surface area contributed by atoms with Crippen molar-refractivity contribution < 1.29 is 0 Å². The molecular weight excluding hydrogens is 198 g/mol. The van der Waals surface area contributed by atoms with Gasteiger partial charge in [0.15, 0.2) is 0 Å². The summed E-state index contributed by atoms with van der Waals surface area (Å²) in [5.41, 5.74) is 10.00. The highest BCUT2D eigenvalue weighted by Crippen LogP contribution is 2.26. The smallest absolute Gasteiger partial charge is 0.0667 e. The van der Waals surface area contributed by atoms with Gasteiger partial charge < -0.3 is 5.73 Å². The topological polar surface area (TPSA) is 43.3 Å². The molecule has 16 heavy (non-hydrogen) atoms. The number of nitrogen functional groups attached to an aromatic ring is 1. The summed E-state index contributed by atoms with van der Waals surface area (Å²) in [7, 11) is 0. The van der Waals surface area contributed by atoms with Gasteiger partial charge in [-0.15, -0.1) is 0 Å². The van der Waals surface area contributed by atoms with Crippen molar-refractivity contribution in [1.29, 1.82) is 0 Å². The third kappa shape index (κ3) is 1.34. The van der Waals surface area contributed by atoms with E-state index in [-0.39, 0.29) is 0 Å². The van der Waals surface area contributed by atoms with Gasteiger partial charge in [-0.25, -0.2) is 4.52 Å². The van der Waals surface area contributed by atoms with Crippen molar-refractivity contribution in [3.05, 3.63) is 54.9 Å². The Labute approximate surface area is 93.1 Å². The van der Waals surface area contributed by atoms with Crippen LogP contribution in [0.2, 0.25) is 0 Å². The molecule has 0 fully saturated rings. The minimum atomic E-state index is 0.798. The first-order valence-corrected chi connectivity index (χ1v) is 5.13. The number of fused-ring (bicyclic) bond motifs is 1. The molecule has 0 saturated heterocycles. The zero-order chi connectivity index (χ0) is 11.0. The van der Waals surface area contributed by atoms with Crippen LogP contribution in [0.4, 0.5) is 5.69 Å². The second-order valence-corrected chi connectivity index (χ2v) is 3.70. The van der Waals surface area contributed by atoms with Crippen molar-refractivity contribution in [3.8, 4) is 11.1 Å². The first kappa shape index (κ1) is 8.97. The molecule has 0 unspecified atom stereocenters. The SMILES string of the molecule is Nc1ccccc1-c1ccn2nccc2c1. The van der Waals surface area contributed by atoms with Crippen molar-refractivity contribution in [2.24, 2.45) is 0 Å². The van der Waals surface area contributed by atoms with Gasteiger partial charge in [0.2, 0.25) is 0 Å². The molecule has 3 nitrogen and oxygen atoms in total. The molecule has 0 saturated carbocycles. The van der Waals surface area contributed by atoms with Crippen LogP contribution in [-0.2, 0) is 0 Å². The van der Waals surface area contributed by atoms with Crippen molar-refractivity contribution >= 4 is 11.2 Å². The normalized spacial score (nSPS) is 10.8. The van der Waals surface area contributed by atoms with Crippen molar-refractivity contribution in [1.82, 2.24) is 9.61 Å². The van der Waals surface area contributed by atoms with E-state index in [1.54, 1.807) is 6.20 Å². The molecule has 3 aromatic rings. The zero-order valence-electron chi connectivity index (χ0n) is 8.67. The van der Waals surface area contributed by atoms with Crippen LogP contribution in [-0.4, -0.2) is 9.61 Å². The van der Waals surface area contributed by atoms with Crippen molar-refractivity contribution in [3.63, 3.8) is 0 Å². The summed E-state index contributed by atoms with van der Waals surface area (Å²) in [5.74, 6) is 0. The van der Waals surface area contributed by atoms with Gasteiger partial charge in [-0.2, -0.15) is 5.10 Å². The van der Waals surface area contributed by atoms with E-state index in [0.29, 0.717) is 0 Å². The maximum absolute atomic E-state index is 5.95. The molecule has 2 heterocycles. The molecule has 78 valence electrons. The predicted molar refractivity (Wildman–Crippen MR) is 65.0 cm³/mol. The van der Waals surface area contributed by atoms with Crippen LogP contribution in [0, 0.1) is 0 Å². The summed E-state index contributed by atoms with van der Waals surface area (Å²) in [4.78, 5) is 0. The fraction of sp³-hybridized carbons (Fsp3) is 0. The summed E-state index contributed by atoms with van der Waals surface area (Å²) in [6.45, 7) is 0. The fourth-order valence-electron chi connectivity index (χ4n) is 1.85. The molecule has 0 spiro atoms. The van der Waals surface area contributed by atoms with Crippen LogP contribution in [0.15, 0.2) is 54.9 Å². The zero-order valence-corrected chi connectivity index (χ0v) is 8.67. The van der Waals surface area contributed by atoms with E-state index in [9.17, 15) is 0 Å². The predicted octanol–water partition coefficient (Wildman–Crippen LogP) is 2.58. The Morgan fingerprint density at radius 3 is 2.81 bits per heavy atom. The first-order chi connectivity index (χ1) is 7.84. The fourth-order valence-corrected chi connectivity index (χ4v) is 1.85. The molecular formula is C13H11N3. The second-order valence-electron chi connectivity index (χ2n) is 3.70. The third-order valence-corrected chi connectivity index (χ3v) is 2.67. The lowest BCUT2D eigenvalue weighted by Gasteiger charge is -2.05. The molecule has 3 heteroatoms. The van der Waals surface area contributed by atoms with Crippen LogP contribution in [0.25, 0.3) is 16.6 Å². The molecule has 0 aliphatic heterocycles. The Hall–Kier alpha value is -2.29. The lowest BCUT2D eigenvalue weighted by Crippen LogP contribution is -1.91. The minimum absolute atomic E-state index is 0.798. The highest BCUT2D eigenvalue weighted by atomic mass is 15.2. The number of hydrogen-bond donors (Lipinski definition) is 1. The van der Waals surface area contributed by atoms with E-state index in [1.165, 1.54) is 0 Å². The Morgan fingerprint density at radius 1 is 1.06 bits per heavy atom. The van der Waals surface area contributed by atoms with Crippen LogP contribution in [0.3, 0.4) is 0 Å². The van der Waals surface area contributed by atoms with E-state index in [1.807, 2.05) is 47.1 Å². The Bertz CT molecular complexity index is 640. The summed E-state index contributed by atoms with van der Waals surface area (Å²) in [6.07, 6.45) is 3.73. The number of benzene rings is 1. The number of aromatic nitrogens is 2. The third-order valence-electron chi connectivity index (χ3n) is 2.67. The maximum atomic E-state index is 5.95. The number of nitrogens with zero attached hydrogens (tertiary/aromatic N) is 2. The maximum Gasteiger partial charge on any atom is 0.0667 e. The van der Waals surface area contributed by atoms with Crippen LogP contribution in [0.5, 0.6) is 0 Å². The molecule has 0 bridgehead atoms.